The lowest BCUT2D eigenvalue weighted by Crippen LogP contribution is -2.29. The Hall–Kier alpha value is -3.07. The van der Waals surface area contributed by atoms with Crippen LogP contribution >= 0.6 is 7.82 Å². The Morgan fingerprint density at radius 1 is 0.352 bits per heavy atom. The van der Waals surface area contributed by atoms with E-state index in [1.54, 1.807) is 0 Å². The van der Waals surface area contributed by atoms with Crippen molar-refractivity contribution >= 4 is 19.8 Å². The van der Waals surface area contributed by atoms with E-state index in [-0.39, 0.29) is 38.6 Å². The Morgan fingerprint density at radius 3 is 0.932 bits per heavy atom. The van der Waals surface area contributed by atoms with Crippen molar-refractivity contribution in [3.63, 3.8) is 0 Å². The molecule has 88 heavy (non-hydrogen) atoms. The molecular formula is C78H140NO8P. The Bertz CT molecular complexity index is 1770. The molecule has 2 atom stereocenters. The summed E-state index contributed by atoms with van der Waals surface area (Å²) in [6.07, 6.45) is 99.6. The number of ether oxygens (including phenoxy) is 2. The van der Waals surface area contributed by atoms with Crippen LogP contribution in [-0.2, 0) is 32.7 Å². The standard InChI is InChI=1S/C78H140NO8P/c1-3-5-7-9-11-13-15-17-19-21-23-25-27-29-31-33-34-35-36-37-38-39-40-41-43-44-46-48-50-52-54-56-58-60-62-64-66-68-70-77(80)84-74-76(75-86-88(82,83)85-73-72-79)87-78(81)71-69-67-65-63-61-59-57-55-53-51-49-47-45-42-32-30-28-26-24-22-20-18-16-14-12-10-8-6-4-2/h6,8,12,14,18,20,24,26,30,32,45,47,51,53,57,59,76H,3-5,7,9-11,13,15-17,19,21-23,25,27-29,31,33-44,46,48-50,52,54-56,58,60-75,79H2,1-2H3,(H,82,83)/b8-6-,14-12-,20-18-,26-24-,32-30-,47-45-,53-51-,59-57-. The zero-order valence-corrected chi connectivity index (χ0v) is 58.3. The van der Waals surface area contributed by atoms with Crippen LogP contribution < -0.4 is 5.73 Å². The molecular weight excluding hydrogens is 1110 g/mol. The second-order valence-electron chi connectivity index (χ2n) is 24.8. The Labute approximate surface area is 544 Å². The first-order valence-corrected chi connectivity index (χ1v) is 38.7. The summed E-state index contributed by atoms with van der Waals surface area (Å²) < 4.78 is 33.2. The average Bonchev–Trinajstić information content (AvgIpc) is 3.60. The van der Waals surface area contributed by atoms with Crippen molar-refractivity contribution in [3.05, 3.63) is 97.2 Å². The molecule has 0 bridgehead atoms. The Morgan fingerprint density at radius 2 is 0.625 bits per heavy atom. The fourth-order valence-electron chi connectivity index (χ4n) is 10.8. The van der Waals surface area contributed by atoms with Crippen LogP contribution in [0.3, 0.4) is 0 Å². The Balaban J connectivity index is 3.85. The van der Waals surface area contributed by atoms with Crippen LogP contribution in [0.4, 0.5) is 0 Å². The van der Waals surface area contributed by atoms with Crippen molar-refractivity contribution in [2.75, 3.05) is 26.4 Å². The molecule has 0 saturated heterocycles. The van der Waals surface area contributed by atoms with Crippen molar-refractivity contribution in [1.82, 2.24) is 0 Å². The number of rotatable bonds is 70. The number of phosphoric ester groups is 1. The highest BCUT2D eigenvalue weighted by Gasteiger charge is 2.26. The summed E-state index contributed by atoms with van der Waals surface area (Å²) in [7, 11) is -4.41. The second-order valence-corrected chi connectivity index (χ2v) is 26.2. The fourth-order valence-corrected chi connectivity index (χ4v) is 11.5. The number of phosphoric acid groups is 1. The van der Waals surface area contributed by atoms with Gasteiger partial charge >= 0.3 is 19.8 Å². The molecule has 0 aromatic rings. The van der Waals surface area contributed by atoms with E-state index in [2.05, 4.69) is 111 Å². The SMILES string of the molecule is CC/C=C\C/C=C\C/C=C\C/C=C\C/C=C\C/C=C\C/C=C\C/C=C\CCCCCCC(=O)OC(COC(=O)CCCCCCCCCCCCCCCCCCCCCCCCCCCCCCCCCCCCCCCC)COP(=O)(O)OCCN. The van der Waals surface area contributed by atoms with Gasteiger partial charge in [0.15, 0.2) is 6.10 Å². The topological polar surface area (TPSA) is 134 Å². The van der Waals surface area contributed by atoms with Crippen LogP contribution in [0, 0.1) is 0 Å². The predicted molar refractivity (Wildman–Crippen MR) is 381 cm³/mol. The minimum absolute atomic E-state index is 0.0453. The highest BCUT2D eigenvalue weighted by atomic mass is 31.2. The van der Waals surface area contributed by atoms with Gasteiger partial charge < -0.3 is 20.1 Å². The molecule has 9 nitrogen and oxygen atoms in total. The lowest BCUT2D eigenvalue weighted by atomic mass is 10.0. The number of esters is 2. The maximum atomic E-state index is 12.8. The third-order valence-electron chi connectivity index (χ3n) is 16.2. The molecule has 0 saturated carbocycles. The smallest absolute Gasteiger partial charge is 0.462 e. The number of carbonyl (C=O) groups is 2. The van der Waals surface area contributed by atoms with Gasteiger partial charge in [-0.1, -0.05) is 361 Å². The molecule has 0 radical (unpaired) electrons. The van der Waals surface area contributed by atoms with Crippen molar-refractivity contribution in [3.8, 4) is 0 Å². The molecule has 0 heterocycles. The monoisotopic (exact) mass is 1250 g/mol. The van der Waals surface area contributed by atoms with E-state index < -0.39 is 26.5 Å². The summed E-state index contributed by atoms with van der Waals surface area (Å²) >= 11 is 0. The number of unbranched alkanes of at least 4 members (excludes halogenated alkanes) is 41. The number of hydrogen-bond donors (Lipinski definition) is 2. The van der Waals surface area contributed by atoms with Gasteiger partial charge in [0.05, 0.1) is 13.2 Å². The van der Waals surface area contributed by atoms with Crippen LogP contribution in [0.5, 0.6) is 0 Å². The van der Waals surface area contributed by atoms with E-state index in [1.807, 2.05) is 0 Å². The molecule has 3 N–H and O–H groups in total. The first kappa shape index (κ1) is 84.9. The predicted octanol–water partition coefficient (Wildman–Crippen LogP) is 24.7. The van der Waals surface area contributed by atoms with E-state index in [0.29, 0.717) is 6.42 Å². The van der Waals surface area contributed by atoms with Crippen LogP contribution in [-0.4, -0.2) is 49.3 Å². The molecule has 2 unspecified atom stereocenters. The van der Waals surface area contributed by atoms with Crippen molar-refractivity contribution in [2.45, 2.75) is 360 Å². The average molecular weight is 1250 g/mol. The van der Waals surface area contributed by atoms with Gasteiger partial charge in [-0.3, -0.25) is 18.6 Å². The first-order chi connectivity index (χ1) is 43.3. The highest BCUT2D eigenvalue weighted by Crippen LogP contribution is 2.43. The van der Waals surface area contributed by atoms with E-state index in [0.717, 1.165) is 96.3 Å². The van der Waals surface area contributed by atoms with Gasteiger partial charge in [0.1, 0.15) is 6.61 Å². The molecule has 0 spiro atoms. The molecule has 0 aliphatic carbocycles. The third-order valence-corrected chi connectivity index (χ3v) is 17.2. The lowest BCUT2D eigenvalue weighted by Gasteiger charge is -2.19. The van der Waals surface area contributed by atoms with Gasteiger partial charge in [0.2, 0.25) is 0 Å². The number of nitrogens with two attached hydrogens (primary N) is 1. The normalized spacial score (nSPS) is 13.5. The van der Waals surface area contributed by atoms with Crippen LogP contribution in [0.1, 0.15) is 354 Å². The van der Waals surface area contributed by atoms with Crippen molar-refractivity contribution < 1.29 is 37.6 Å². The number of carbonyl (C=O) groups excluding carboxylic acids is 2. The summed E-state index contributed by atoms with van der Waals surface area (Å²) in [5.74, 6) is -0.849. The zero-order valence-electron chi connectivity index (χ0n) is 57.4. The minimum atomic E-state index is -4.41. The van der Waals surface area contributed by atoms with Crippen LogP contribution in [0.25, 0.3) is 0 Å². The molecule has 0 aromatic carbocycles. The molecule has 10 heteroatoms. The van der Waals surface area contributed by atoms with Crippen molar-refractivity contribution in [1.29, 1.82) is 0 Å². The Kier molecular flexibility index (Phi) is 70.4. The summed E-state index contributed by atoms with van der Waals surface area (Å²) in [4.78, 5) is 35.4. The summed E-state index contributed by atoms with van der Waals surface area (Å²) in [5, 5.41) is 0. The highest BCUT2D eigenvalue weighted by molar-refractivity contribution is 7.47. The molecule has 0 amide bonds. The quantitative estimate of drug-likeness (QED) is 0.0264. The molecule has 510 valence electrons. The second kappa shape index (κ2) is 73.0. The van der Waals surface area contributed by atoms with Gasteiger partial charge in [-0.2, -0.15) is 0 Å². The van der Waals surface area contributed by atoms with E-state index >= 15 is 0 Å². The van der Waals surface area contributed by atoms with E-state index in [4.69, 9.17) is 24.3 Å². The summed E-state index contributed by atoms with van der Waals surface area (Å²) in [6, 6.07) is 0. The molecule has 0 aliphatic rings. The number of hydrogen-bond acceptors (Lipinski definition) is 8. The maximum absolute atomic E-state index is 12.8. The molecule has 0 aliphatic heterocycles. The van der Waals surface area contributed by atoms with Crippen LogP contribution in [0.2, 0.25) is 0 Å². The zero-order chi connectivity index (χ0) is 63.7. The van der Waals surface area contributed by atoms with Gasteiger partial charge in [-0.05, 0) is 77.0 Å². The van der Waals surface area contributed by atoms with E-state index in [1.165, 1.54) is 225 Å². The number of allylic oxidation sites excluding steroid dienone is 16. The molecule has 0 rings (SSSR count). The van der Waals surface area contributed by atoms with Gasteiger partial charge in [-0.25, -0.2) is 4.57 Å². The van der Waals surface area contributed by atoms with E-state index in [9.17, 15) is 19.0 Å². The van der Waals surface area contributed by atoms with Gasteiger partial charge in [-0.15, -0.1) is 0 Å². The first-order valence-electron chi connectivity index (χ1n) is 37.2. The summed E-state index contributed by atoms with van der Waals surface area (Å²) in [5.41, 5.74) is 5.40. The van der Waals surface area contributed by atoms with Gasteiger partial charge in [0.25, 0.3) is 0 Å². The summed E-state index contributed by atoms with van der Waals surface area (Å²) in [6.45, 7) is 3.64. The molecule has 0 fully saturated rings. The third kappa shape index (κ3) is 72.0. The lowest BCUT2D eigenvalue weighted by molar-refractivity contribution is -0.161. The molecule has 0 aromatic heterocycles. The van der Waals surface area contributed by atoms with Crippen LogP contribution in [0.15, 0.2) is 97.2 Å². The minimum Gasteiger partial charge on any atom is -0.462 e. The maximum Gasteiger partial charge on any atom is 0.472 e. The van der Waals surface area contributed by atoms with Crippen molar-refractivity contribution in [2.24, 2.45) is 5.73 Å². The van der Waals surface area contributed by atoms with Gasteiger partial charge in [0, 0.05) is 19.4 Å². The largest absolute Gasteiger partial charge is 0.472 e. The fraction of sp³-hybridized carbons (Fsp3) is 0.769.